The van der Waals surface area contributed by atoms with Gasteiger partial charge in [0.15, 0.2) is 11.5 Å². The number of nitrogens with zero attached hydrogens (tertiary/aromatic N) is 4. The molecule has 1 saturated heterocycles. The second-order valence-electron chi connectivity index (χ2n) is 6.62. The number of aromatic nitrogens is 2. The molecule has 2 amide bonds. The van der Waals surface area contributed by atoms with Crippen molar-refractivity contribution in [1.29, 1.82) is 0 Å². The van der Waals surface area contributed by atoms with Gasteiger partial charge in [0.05, 0.1) is 0 Å². The highest BCUT2D eigenvalue weighted by atomic mass is 16.6. The molecule has 8 heteroatoms. The van der Waals surface area contributed by atoms with E-state index in [1.165, 1.54) is 0 Å². The van der Waals surface area contributed by atoms with E-state index in [1.807, 2.05) is 24.0 Å². The highest BCUT2D eigenvalue weighted by Gasteiger charge is 2.22. The van der Waals surface area contributed by atoms with Gasteiger partial charge in [-0.2, -0.15) is 0 Å². The smallest absolute Gasteiger partial charge is 0.321 e. The molecule has 3 heterocycles. The van der Waals surface area contributed by atoms with Crippen molar-refractivity contribution in [2.24, 2.45) is 0 Å². The molecule has 27 heavy (non-hydrogen) atoms. The second-order valence-corrected chi connectivity index (χ2v) is 6.62. The van der Waals surface area contributed by atoms with Crippen molar-refractivity contribution in [2.45, 2.75) is 13.3 Å². The third-order valence-corrected chi connectivity index (χ3v) is 4.75. The fourth-order valence-corrected chi connectivity index (χ4v) is 3.29. The zero-order valence-corrected chi connectivity index (χ0v) is 15.4. The van der Waals surface area contributed by atoms with Gasteiger partial charge in [-0.15, -0.1) is 0 Å². The minimum absolute atomic E-state index is 0.106. The first kappa shape index (κ1) is 17.4. The van der Waals surface area contributed by atoms with Gasteiger partial charge in [0.25, 0.3) is 0 Å². The standard InChI is InChI=1S/C19H23N5O3/c1-14-12-16-17(27-11-10-26-16)13-15(14)22-19(25)24-7-3-6-23(8-9-24)18-20-4-2-5-21-18/h2,4-5,12-13H,3,6-11H2,1H3,(H,22,25). The van der Waals surface area contributed by atoms with E-state index in [-0.39, 0.29) is 6.03 Å². The van der Waals surface area contributed by atoms with Crippen molar-refractivity contribution in [3.8, 4) is 11.5 Å². The topological polar surface area (TPSA) is 79.8 Å². The highest BCUT2D eigenvalue weighted by molar-refractivity contribution is 5.90. The molecular weight excluding hydrogens is 346 g/mol. The van der Waals surface area contributed by atoms with Gasteiger partial charge in [0.1, 0.15) is 13.2 Å². The van der Waals surface area contributed by atoms with Crippen LogP contribution in [0.25, 0.3) is 0 Å². The largest absolute Gasteiger partial charge is 0.486 e. The van der Waals surface area contributed by atoms with Crippen molar-refractivity contribution < 1.29 is 14.3 Å². The van der Waals surface area contributed by atoms with Crippen molar-refractivity contribution in [3.05, 3.63) is 36.2 Å². The molecule has 2 aromatic rings. The number of nitrogens with one attached hydrogen (secondary N) is 1. The molecule has 0 unspecified atom stereocenters. The summed E-state index contributed by atoms with van der Waals surface area (Å²) in [6.07, 6.45) is 4.34. The van der Waals surface area contributed by atoms with Gasteiger partial charge in [-0.25, -0.2) is 14.8 Å². The Balaban J connectivity index is 1.41. The maximum Gasteiger partial charge on any atom is 0.321 e. The van der Waals surface area contributed by atoms with E-state index in [0.29, 0.717) is 44.5 Å². The van der Waals surface area contributed by atoms with Crippen LogP contribution < -0.4 is 19.7 Å². The minimum atomic E-state index is -0.106. The van der Waals surface area contributed by atoms with E-state index in [9.17, 15) is 4.79 Å². The van der Waals surface area contributed by atoms with Gasteiger partial charge in [-0.05, 0) is 31.0 Å². The van der Waals surface area contributed by atoms with Crippen molar-refractivity contribution in [2.75, 3.05) is 49.6 Å². The number of hydrogen-bond acceptors (Lipinski definition) is 6. The lowest BCUT2D eigenvalue weighted by Crippen LogP contribution is -2.38. The molecule has 1 aromatic heterocycles. The van der Waals surface area contributed by atoms with Crippen molar-refractivity contribution in [3.63, 3.8) is 0 Å². The van der Waals surface area contributed by atoms with Crippen LogP contribution in [0, 0.1) is 6.92 Å². The summed E-state index contributed by atoms with van der Waals surface area (Å²) in [4.78, 5) is 25.3. The molecule has 0 radical (unpaired) electrons. The van der Waals surface area contributed by atoms with Gasteiger partial charge >= 0.3 is 6.03 Å². The first-order valence-corrected chi connectivity index (χ1v) is 9.19. The normalized spacial score (nSPS) is 16.6. The summed E-state index contributed by atoms with van der Waals surface area (Å²) in [7, 11) is 0. The van der Waals surface area contributed by atoms with Crippen LogP contribution >= 0.6 is 0 Å². The Labute approximate surface area is 158 Å². The zero-order chi connectivity index (χ0) is 18.6. The van der Waals surface area contributed by atoms with E-state index in [0.717, 1.165) is 30.0 Å². The lowest BCUT2D eigenvalue weighted by Gasteiger charge is -2.24. The average molecular weight is 369 g/mol. The monoisotopic (exact) mass is 369 g/mol. The summed E-state index contributed by atoms with van der Waals surface area (Å²) < 4.78 is 11.2. The minimum Gasteiger partial charge on any atom is -0.486 e. The molecule has 142 valence electrons. The van der Waals surface area contributed by atoms with Crippen LogP contribution in [0.1, 0.15) is 12.0 Å². The predicted octanol–water partition coefficient (Wildman–Crippen LogP) is 2.30. The number of urea groups is 1. The molecule has 0 aliphatic carbocycles. The van der Waals surface area contributed by atoms with Crippen molar-refractivity contribution in [1.82, 2.24) is 14.9 Å². The van der Waals surface area contributed by atoms with Gasteiger partial charge in [0, 0.05) is 50.3 Å². The number of ether oxygens (including phenoxy) is 2. The summed E-state index contributed by atoms with van der Waals surface area (Å²) in [5.74, 6) is 2.11. The molecule has 1 N–H and O–H groups in total. The van der Waals surface area contributed by atoms with Crippen LogP contribution in [0.2, 0.25) is 0 Å². The Kier molecular flexibility index (Phi) is 4.95. The number of anilines is 2. The van der Waals surface area contributed by atoms with Crippen LogP contribution in [-0.4, -0.2) is 60.3 Å². The molecule has 1 aromatic carbocycles. The molecule has 4 rings (SSSR count). The lowest BCUT2D eigenvalue weighted by molar-refractivity contribution is 0.171. The highest BCUT2D eigenvalue weighted by Crippen LogP contribution is 2.35. The predicted molar refractivity (Wildman–Crippen MR) is 102 cm³/mol. The van der Waals surface area contributed by atoms with E-state index in [1.54, 1.807) is 18.5 Å². The third-order valence-electron chi connectivity index (χ3n) is 4.75. The first-order chi connectivity index (χ1) is 13.2. The molecule has 0 atom stereocenters. The van der Waals surface area contributed by atoms with Crippen LogP contribution in [0.4, 0.5) is 16.4 Å². The number of amides is 2. The molecule has 8 nitrogen and oxygen atoms in total. The van der Waals surface area contributed by atoms with Gasteiger partial charge in [0.2, 0.25) is 5.95 Å². The van der Waals surface area contributed by atoms with Crippen LogP contribution in [0.5, 0.6) is 11.5 Å². The summed E-state index contributed by atoms with van der Waals surface area (Å²) in [5, 5.41) is 3.01. The molecule has 0 spiro atoms. The maximum atomic E-state index is 12.8. The molecule has 2 aliphatic rings. The Morgan fingerprint density at radius 2 is 1.78 bits per heavy atom. The number of hydrogen-bond donors (Lipinski definition) is 1. The average Bonchev–Trinajstić information content (AvgIpc) is 2.95. The Hall–Kier alpha value is -3.03. The van der Waals surface area contributed by atoms with Gasteiger partial charge in [-0.1, -0.05) is 0 Å². The summed E-state index contributed by atoms with van der Waals surface area (Å²) in [6.45, 7) is 5.87. The number of fused-ring (bicyclic) bond motifs is 1. The second kappa shape index (κ2) is 7.69. The van der Waals surface area contributed by atoms with Crippen LogP contribution in [-0.2, 0) is 0 Å². The Morgan fingerprint density at radius 3 is 2.56 bits per heavy atom. The summed E-state index contributed by atoms with van der Waals surface area (Å²) in [6, 6.07) is 5.44. The molecule has 1 fully saturated rings. The van der Waals surface area contributed by atoms with E-state index in [4.69, 9.17) is 9.47 Å². The van der Waals surface area contributed by atoms with Gasteiger partial charge < -0.3 is 24.6 Å². The fraction of sp³-hybridized carbons (Fsp3) is 0.421. The molecule has 0 saturated carbocycles. The van der Waals surface area contributed by atoms with Crippen LogP contribution in [0.15, 0.2) is 30.6 Å². The summed E-state index contributed by atoms with van der Waals surface area (Å²) in [5.41, 5.74) is 1.69. The maximum absolute atomic E-state index is 12.8. The number of carbonyl (C=O) groups is 1. The third kappa shape index (κ3) is 3.89. The van der Waals surface area contributed by atoms with E-state index < -0.39 is 0 Å². The number of benzene rings is 1. The van der Waals surface area contributed by atoms with E-state index in [2.05, 4.69) is 20.2 Å². The number of aryl methyl sites for hydroxylation is 1. The molecule has 2 aliphatic heterocycles. The first-order valence-electron chi connectivity index (χ1n) is 9.19. The van der Waals surface area contributed by atoms with Crippen molar-refractivity contribution >= 4 is 17.7 Å². The Morgan fingerprint density at radius 1 is 1.04 bits per heavy atom. The fourth-order valence-electron chi connectivity index (χ4n) is 3.29. The summed E-state index contributed by atoms with van der Waals surface area (Å²) >= 11 is 0. The Bertz CT molecular complexity index is 814. The molecular formula is C19H23N5O3. The molecule has 0 bridgehead atoms. The SMILES string of the molecule is Cc1cc2c(cc1NC(=O)N1CCCN(c3ncccn3)CC1)OCCO2. The van der Waals surface area contributed by atoms with Crippen LogP contribution in [0.3, 0.4) is 0 Å². The lowest BCUT2D eigenvalue weighted by atomic mass is 10.1. The number of carbonyl (C=O) groups excluding carboxylic acids is 1. The van der Waals surface area contributed by atoms with Gasteiger partial charge in [-0.3, -0.25) is 0 Å². The quantitative estimate of drug-likeness (QED) is 0.875. The zero-order valence-electron chi connectivity index (χ0n) is 15.4. The van der Waals surface area contributed by atoms with E-state index >= 15 is 0 Å². The number of rotatable bonds is 2.